The van der Waals surface area contributed by atoms with E-state index in [4.69, 9.17) is 26.2 Å². The first-order valence-corrected chi connectivity index (χ1v) is 6.30. The van der Waals surface area contributed by atoms with Crippen LogP contribution in [-0.2, 0) is 0 Å². The van der Waals surface area contributed by atoms with Crippen LogP contribution in [0, 0.1) is 0 Å². The third kappa shape index (κ3) is 3.21. The van der Waals surface area contributed by atoms with Gasteiger partial charge in [-0.2, -0.15) is 0 Å². The molecule has 0 aliphatic carbocycles. The van der Waals surface area contributed by atoms with Gasteiger partial charge in [-0.3, -0.25) is 0 Å². The number of benzene rings is 1. The molecule has 3 N–H and O–H groups in total. The third-order valence-corrected chi connectivity index (χ3v) is 2.98. The fourth-order valence-corrected chi connectivity index (χ4v) is 1.80. The Balaban J connectivity index is 2.26. The van der Waals surface area contributed by atoms with Crippen LogP contribution in [0.4, 0.5) is 5.69 Å². The highest BCUT2D eigenvalue weighted by molar-refractivity contribution is 6.18. The van der Waals surface area contributed by atoms with Crippen molar-refractivity contribution in [2.75, 3.05) is 31.0 Å². The molecule has 19 heavy (non-hydrogen) atoms. The van der Waals surface area contributed by atoms with Crippen molar-refractivity contribution in [3.05, 3.63) is 17.7 Å². The number of halogens is 1. The van der Waals surface area contributed by atoms with Gasteiger partial charge in [0.2, 0.25) is 0 Å². The smallest absolute Gasteiger partial charge is 0.337 e. The zero-order valence-corrected chi connectivity index (χ0v) is 10.8. The van der Waals surface area contributed by atoms with E-state index in [1.807, 2.05) is 0 Å². The fourth-order valence-electron chi connectivity index (χ4n) is 1.69. The summed E-state index contributed by atoms with van der Waals surface area (Å²) in [5.74, 6) is -0.119. The molecular formula is C12H14ClNO5. The summed E-state index contributed by atoms with van der Waals surface area (Å²) in [5, 5.41) is 21.4. The first-order valence-electron chi connectivity index (χ1n) is 5.76. The van der Waals surface area contributed by atoms with Crippen LogP contribution >= 0.6 is 11.6 Å². The molecule has 6 nitrogen and oxygen atoms in total. The maximum Gasteiger partial charge on any atom is 0.337 e. The van der Waals surface area contributed by atoms with E-state index >= 15 is 0 Å². The molecular weight excluding hydrogens is 274 g/mol. The maximum absolute atomic E-state index is 11.2. The lowest BCUT2D eigenvalue weighted by molar-refractivity contribution is 0.0696. The van der Waals surface area contributed by atoms with Crippen LogP contribution in [0.25, 0.3) is 0 Å². The van der Waals surface area contributed by atoms with Crippen molar-refractivity contribution in [1.29, 1.82) is 0 Å². The average molecular weight is 288 g/mol. The predicted octanol–water partition coefficient (Wildman–Crippen LogP) is 1.17. The predicted molar refractivity (Wildman–Crippen MR) is 69.6 cm³/mol. The van der Waals surface area contributed by atoms with E-state index in [0.717, 1.165) is 0 Å². The zero-order chi connectivity index (χ0) is 13.8. The number of hydrogen-bond donors (Lipinski definition) is 3. The van der Waals surface area contributed by atoms with Crippen molar-refractivity contribution in [1.82, 2.24) is 0 Å². The van der Waals surface area contributed by atoms with Crippen LogP contribution in [0.2, 0.25) is 0 Å². The van der Waals surface area contributed by atoms with E-state index in [-0.39, 0.29) is 18.0 Å². The first-order chi connectivity index (χ1) is 9.11. The number of aliphatic hydroxyl groups is 1. The van der Waals surface area contributed by atoms with Gasteiger partial charge in [-0.25, -0.2) is 4.79 Å². The topological polar surface area (TPSA) is 88.0 Å². The van der Waals surface area contributed by atoms with E-state index in [2.05, 4.69) is 5.32 Å². The minimum absolute atomic E-state index is 0.0611. The lowest BCUT2D eigenvalue weighted by Gasteiger charge is -2.21. The van der Waals surface area contributed by atoms with Crippen LogP contribution in [0.1, 0.15) is 10.4 Å². The van der Waals surface area contributed by atoms with E-state index in [0.29, 0.717) is 30.4 Å². The van der Waals surface area contributed by atoms with Gasteiger partial charge >= 0.3 is 5.97 Å². The van der Waals surface area contributed by atoms with Crippen molar-refractivity contribution in [3.63, 3.8) is 0 Å². The summed E-state index contributed by atoms with van der Waals surface area (Å²) in [6.07, 6.45) is -0.753. The SMILES string of the molecule is O=C(O)c1cc2c(cc1NCC(O)CCl)OCCO2. The van der Waals surface area contributed by atoms with Gasteiger partial charge < -0.3 is 25.0 Å². The number of carboxylic acids is 1. The van der Waals surface area contributed by atoms with Gasteiger partial charge in [-0.1, -0.05) is 0 Å². The number of fused-ring (bicyclic) bond motifs is 1. The first kappa shape index (κ1) is 13.8. The van der Waals surface area contributed by atoms with Crippen LogP contribution in [-0.4, -0.2) is 47.9 Å². The second kappa shape index (κ2) is 5.99. The van der Waals surface area contributed by atoms with E-state index in [1.54, 1.807) is 6.07 Å². The fraction of sp³-hybridized carbons (Fsp3) is 0.417. The minimum atomic E-state index is -1.08. The molecule has 7 heteroatoms. The Bertz CT molecular complexity index is 479. The summed E-state index contributed by atoms with van der Waals surface area (Å²) in [7, 11) is 0. The molecule has 104 valence electrons. The normalized spacial score (nSPS) is 14.8. The van der Waals surface area contributed by atoms with Gasteiger partial charge in [0.25, 0.3) is 0 Å². The van der Waals surface area contributed by atoms with Gasteiger partial charge in [0.15, 0.2) is 11.5 Å². The summed E-state index contributed by atoms with van der Waals surface area (Å²) in [6.45, 7) is 0.969. The Labute approximate surface area is 114 Å². The van der Waals surface area contributed by atoms with Crippen LogP contribution < -0.4 is 14.8 Å². The molecule has 1 atom stereocenters. The van der Waals surface area contributed by atoms with Crippen molar-refractivity contribution in [2.24, 2.45) is 0 Å². The number of aliphatic hydroxyl groups excluding tert-OH is 1. The Kier molecular flexibility index (Phi) is 4.34. The highest BCUT2D eigenvalue weighted by Gasteiger charge is 2.19. The number of hydrogen-bond acceptors (Lipinski definition) is 5. The molecule has 0 spiro atoms. The van der Waals surface area contributed by atoms with E-state index in [9.17, 15) is 9.90 Å². The second-order valence-electron chi connectivity index (χ2n) is 4.04. The van der Waals surface area contributed by atoms with Crippen LogP contribution in [0.3, 0.4) is 0 Å². The molecule has 0 bridgehead atoms. The standard InChI is InChI=1S/C12H14ClNO5/c13-5-7(15)6-14-9-4-11-10(18-1-2-19-11)3-8(9)12(16)17/h3-4,7,14-15H,1-2,5-6H2,(H,16,17). The van der Waals surface area contributed by atoms with Crippen molar-refractivity contribution < 1.29 is 24.5 Å². The Morgan fingerprint density at radius 3 is 2.58 bits per heavy atom. The molecule has 0 fully saturated rings. The summed E-state index contributed by atoms with van der Waals surface area (Å²) in [4.78, 5) is 11.2. The molecule has 0 radical (unpaired) electrons. The van der Waals surface area contributed by atoms with Gasteiger partial charge in [0, 0.05) is 18.7 Å². The highest BCUT2D eigenvalue weighted by atomic mass is 35.5. The monoisotopic (exact) mass is 287 g/mol. The highest BCUT2D eigenvalue weighted by Crippen LogP contribution is 2.35. The molecule has 1 aliphatic heterocycles. The molecule has 0 aromatic heterocycles. The van der Waals surface area contributed by atoms with Crippen LogP contribution in [0.5, 0.6) is 11.5 Å². The molecule has 0 saturated heterocycles. The van der Waals surface area contributed by atoms with Crippen molar-refractivity contribution in [3.8, 4) is 11.5 Å². The molecule has 1 heterocycles. The number of aromatic carboxylic acids is 1. The number of anilines is 1. The summed E-state index contributed by atoms with van der Waals surface area (Å²) in [5.41, 5.74) is 0.423. The molecule has 1 aliphatic rings. The van der Waals surface area contributed by atoms with Crippen molar-refractivity contribution >= 4 is 23.3 Å². The third-order valence-electron chi connectivity index (χ3n) is 2.62. The van der Waals surface area contributed by atoms with E-state index in [1.165, 1.54) is 6.07 Å². The molecule has 1 aromatic rings. The maximum atomic E-state index is 11.2. The van der Waals surface area contributed by atoms with Crippen molar-refractivity contribution in [2.45, 2.75) is 6.10 Å². The number of ether oxygens (including phenoxy) is 2. The lowest BCUT2D eigenvalue weighted by atomic mass is 10.1. The largest absolute Gasteiger partial charge is 0.486 e. The number of alkyl halides is 1. The van der Waals surface area contributed by atoms with Gasteiger partial charge in [0.1, 0.15) is 13.2 Å². The number of nitrogens with one attached hydrogen (secondary N) is 1. The van der Waals surface area contributed by atoms with Gasteiger partial charge in [-0.15, -0.1) is 11.6 Å². The molecule has 1 unspecified atom stereocenters. The molecule has 1 aromatic carbocycles. The van der Waals surface area contributed by atoms with E-state index < -0.39 is 12.1 Å². The quantitative estimate of drug-likeness (QED) is 0.705. The number of carbonyl (C=O) groups is 1. The molecule has 0 saturated carbocycles. The summed E-state index contributed by atoms with van der Waals surface area (Å²) >= 11 is 5.48. The molecule has 0 amide bonds. The van der Waals surface area contributed by atoms with Gasteiger partial charge in [-0.05, 0) is 0 Å². The number of carboxylic acid groups (broad SMARTS) is 1. The summed E-state index contributed by atoms with van der Waals surface area (Å²) < 4.78 is 10.7. The Hall–Kier alpha value is -1.66. The average Bonchev–Trinajstić information content (AvgIpc) is 2.43. The Morgan fingerprint density at radius 2 is 2.00 bits per heavy atom. The Morgan fingerprint density at radius 1 is 1.37 bits per heavy atom. The van der Waals surface area contributed by atoms with Crippen LogP contribution in [0.15, 0.2) is 12.1 Å². The summed E-state index contributed by atoms with van der Waals surface area (Å²) in [6, 6.07) is 2.96. The van der Waals surface area contributed by atoms with Gasteiger partial charge in [0.05, 0.1) is 23.2 Å². The minimum Gasteiger partial charge on any atom is -0.486 e. The zero-order valence-electron chi connectivity index (χ0n) is 10.1. The number of rotatable bonds is 5. The molecule has 2 rings (SSSR count). The lowest BCUT2D eigenvalue weighted by Crippen LogP contribution is -2.22. The second-order valence-corrected chi connectivity index (χ2v) is 4.34.